The van der Waals surface area contributed by atoms with Crippen molar-refractivity contribution in [3.05, 3.63) is 0 Å². The zero-order valence-corrected chi connectivity index (χ0v) is 6.67. The summed E-state index contributed by atoms with van der Waals surface area (Å²) in [4.78, 5) is 0. The van der Waals surface area contributed by atoms with Crippen molar-refractivity contribution < 1.29 is 22.0 Å². The number of hydrogen-bond donors (Lipinski definition) is 0. The fourth-order valence-corrected chi connectivity index (χ4v) is 0.745. The van der Waals surface area contributed by atoms with Gasteiger partial charge in [0.15, 0.2) is 0 Å². The minimum atomic E-state index is -3.16. The Morgan fingerprint density at radius 3 is 2.00 bits per heavy atom. The minimum Gasteiger partial charge on any atom is -0.247 e. The number of rotatable bonds is 5. The quantitative estimate of drug-likeness (QED) is 0.582. The molecule has 0 saturated carbocycles. The van der Waals surface area contributed by atoms with Crippen molar-refractivity contribution in [2.45, 2.75) is 44.7 Å². The highest BCUT2D eigenvalue weighted by Gasteiger charge is 2.31. The van der Waals surface area contributed by atoms with Crippen molar-refractivity contribution in [1.82, 2.24) is 0 Å². The second kappa shape index (κ2) is 4.62. The molecule has 0 radical (unpaired) electrons. The molecule has 0 N–H and O–H groups in total. The van der Waals surface area contributed by atoms with Crippen LogP contribution in [0.3, 0.4) is 0 Å². The topological polar surface area (TPSA) is 0 Å². The normalized spacial score (nSPS) is 15.2. The lowest BCUT2D eigenvalue weighted by Crippen LogP contribution is -2.22. The minimum absolute atomic E-state index is 0.517. The monoisotopic (exact) mass is 190 g/mol. The second-order valence-corrected chi connectivity index (χ2v) is 2.64. The summed E-state index contributed by atoms with van der Waals surface area (Å²) in [6, 6.07) is 0. The van der Waals surface area contributed by atoms with Crippen LogP contribution in [0.25, 0.3) is 0 Å². The zero-order valence-electron chi connectivity index (χ0n) is 6.67. The largest absolute Gasteiger partial charge is 0.250 e. The van der Waals surface area contributed by atoms with Gasteiger partial charge in [0.25, 0.3) is 5.92 Å². The van der Waals surface area contributed by atoms with E-state index in [0.29, 0.717) is 0 Å². The molecule has 12 heavy (non-hydrogen) atoms. The summed E-state index contributed by atoms with van der Waals surface area (Å²) in [6.45, 7) is 1.19. The molecule has 74 valence electrons. The molecule has 0 unspecified atom stereocenters. The highest BCUT2D eigenvalue weighted by atomic mass is 19.3. The van der Waals surface area contributed by atoms with Crippen LogP contribution < -0.4 is 0 Å². The summed E-state index contributed by atoms with van der Waals surface area (Å²) in [5.74, 6) is -3.16. The van der Waals surface area contributed by atoms with Crippen molar-refractivity contribution in [3.63, 3.8) is 0 Å². The van der Waals surface area contributed by atoms with Crippen LogP contribution >= 0.6 is 0 Å². The standard InChI is InChI=1S/C7H11F5/c1-2-7(11,12)4-5(8)3-6(9)10/h5-6H,2-4H2,1H3/t5-/m0/s1. The van der Waals surface area contributed by atoms with Gasteiger partial charge in [0.1, 0.15) is 6.17 Å². The van der Waals surface area contributed by atoms with Gasteiger partial charge in [-0.15, -0.1) is 0 Å². The lowest BCUT2D eigenvalue weighted by Gasteiger charge is -2.16. The molecule has 0 aromatic carbocycles. The van der Waals surface area contributed by atoms with E-state index < -0.39 is 37.8 Å². The fraction of sp³-hybridized carbons (Fsp3) is 1.00. The molecule has 1 atom stereocenters. The lowest BCUT2D eigenvalue weighted by molar-refractivity contribution is -0.0399. The van der Waals surface area contributed by atoms with E-state index in [9.17, 15) is 22.0 Å². The smallest absolute Gasteiger partial charge is 0.247 e. The molecule has 0 saturated heterocycles. The molecule has 0 fully saturated rings. The van der Waals surface area contributed by atoms with E-state index in [1.54, 1.807) is 0 Å². The van der Waals surface area contributed by atoms with Crippen molar-refractivity contribution in [2.75, 3.05) is 0 Å². The Balaban J connectivity index is 3.75. The Bertz CT molecular complexity index is 123. The molecule has 0 spiro atoms. The average Bonchev–Trinajstić information content (AvgIpc) is 1.84. The van der Waals surface area contributed by atoms with Crippen LogP contribution in [-0.4, -0.2) is 18.5 Å². The van der Waals surface area contributed by atoms with Crippen molar-refractivity contribution >= 4 is 0 Å². The zero-order chi connectivity index (χ0) is 9.78. The van der Waals surface area contributed by atoms with Crippen LogP contribution in [0.5, 0.6) is 0 Å². The van der Waals surface area contributed by atoms with Crippen molar-refractivity contribution in [3.8, 4) is 0 Å². The fourth-order valence-electron chi connectivity index (χ4n) is 0.745. The Labute approximate surface area is 67.8 Å². The molecule has 0 amide bonds. The third-order valence-corrected chi connectivity index (χ3v) is 1.47. The molecule has 0 aliphatic rings. The molecular formula is C7H11F5. The maximum absolute atomic E-state index is 12.4. The van der Waals surface area contributed by atoms with E-state index >= 15 is 0 Å². The van der Waals surface area contributed by atoms with E-state index in [-0.39, 0.29) is 0 Å². The number of halogens is 5. The van der Waals surface area contributed by atoms with Gasteiger partial charge in [0.2, 0.25) is 6.43 Å². The van der Waals surface area contributed by atoms with Gasteiger partial charge in [-0.1, -0.05) is 6.92 Å². The first-order valence-corrected chi connectivity index (χ1v) is 3.67. The molecule has 0 aromatic heterocycles. The van der Waals surface area contributed by atoms with E-state index in [4.69, 9.17) is 0 Å². The van der Waals surface area contributed by atoms with Gasteiger partial charge in [0.05, 0.1) is 0 Å². The predicted octanol–water partition coefficient (Wildman–Crippen LogP) is 3.42. The van der Waals surface area contributed by atoms with Crippen LogP contribution in [-0.2, 0) is 0 Å². The van der Waals surface area contributed by atoms with Gasteiger partial charge in [0, 0.05) is 19.3 Å². The Morgan fingerprint density at radius 2 is 1.67 bits per heavy atom. The molecule has 0 nitrogen and oxygen atoms in total. The molecule has 5 heteroatoms. The van der Waals surface area contributed by atoms with Gasteiger partial charge in [-0.25, -0.2) is 22.0 Å². The van der Waals surface area contributed by atoms with Gasteiger partial charge in [-0.2, -0.15) is 0 Å². The summed E-state index contributed by atoms with van der Waals surface area (Å²) >= 11 is 0. The van der Waals surface area contributed by atoms with Crippen LogP contribution in [0, 0.1) is 0 Å². The summed E-state index contributed by atoms with van der Waals surface area (Å²) in [7, 11) is 0. The van der Waals surface area contributed by atoms with E-state index in [1.807, 2.05) is 0 Å². The molecule has 0 aliphatic heterocycles. The summed E-state index contributed by atoms with van der Waals surface area (Å²) in [5.41, 5.74) is 0. The van der Waals surface area contributed by atoms with E-state index in [1.165, 1.54) is 6.92 Å². The van der Waals surface area contributed by atoms with Gasteiger partial charge in [-0.3, -0.25) is 0 Å². The number of alkyl halides is 5. The van der Waals surface area contributed by atoms with Crippen LogP contribution in [0.4, 0.5) is 22.0 Å². The average molecular weight is 190 g/mol. The third-order valence-electron chi connectivity index (χ3n) is 1.47. The first kappa shape index (κ1) is 11.6. The van der Waals surface area contributed by atoms with Crippen molar-refractivity contribution in [2.24, 2.45) is 0 Å². The first-order valence-electron chi connectivity index (χ1n) is 3.67. The molecular weight excluding hydrogens is 179 g/mol. The Morgan fingerprint density at radius 1 is 1.17 bits per heavy atom. The second-order valence-electron chi connectivity index (χ2n) is 2.64. The summed E-state index contributed by atoms with van der Waals surface area (Å²) < 4.78 is 60.1. The van der Waals surface area contributed by atoms with Gasteiger partial charge in [-0.05, 0) is 0 Å². The highest BCUT2D eigenvalue weighted by Crippen LogP contribution is 2.27. The SMILES string of the molecule is CCC(F)(F)C[C@@H](F)CC(F)F. The lowest BCUT2D eigenvalue weighted by atomic mass is 10.1. The molecule has 0 aromatic rings. The third kappa shape index (κ3) is 5.32. The Kier molecular flexibility index (Phi) is 4.49. The maximum atomic E-state index is 12.4. The van der Waals surface area contributed by atoms with E-state index in [2.05, 4.69) is 0 Å². The Hall–Kier alpha value is -0.350. The molecule has 0 heterocycles. The van der Waals surface area contributed by atoms with Gasteiger partial charge >= 0.3 is 0 Å². The van der Waals surface area contributed by atoms with Crippen LogP contribution in [0.15, 0.2) is 0 Å². The molecule has 0 bridgehead atoms. The first-order chi connectivity index (χ1) is 5.37. The van der Waals surface area contributed by atoms with Crippen LogP contribution in [0.1, 0.15) is 26.2 Å². The summed E-state index contributed by atoms with van der Waals surface area (Å²) in [5, 5.41) is 0. The van der Waals surface area contributed by atoms with Crippen molar-refractivity contribution in [1.29, 1.82) is 0 Å². The van der Waals surface area contributed by atoms with Crippen LogP contribution in [0.2, 0.25) is 0 Å². The number of hydrogen-bond acceptors (Lipinski definition) is 0. The highest BCUT2D eigenvalue weighted by molar-refractivity contribution is 4.70. The summed E-state index contributed by atoms with van der Waals surface area (Å²) in [6.07, 6.45) is -7.69. The van der Waals surface area contributed by atoms with E-state index in [0.717, 1.165) is 0 Å². The molecule has 0 aliphatic carbocycles. The molecule has 0 rings (SSSR count). The maximum Gasteiger partial charge on any atom is 0.250 e. The predicted molar refractivity (Wildman–Crippen MR) is 35.4 cm³/mol. The van der Waals surface area contributed by atoms with Gasteiger partial charge < -0.3 is 0 Å².